The lowest BCUT2D eigenvalue weighted by Crippen LogP contribution is -2.13. The van der Waals surface area contributed by atoms with E-state index in [0.717, 1.165) is 16.7 Å². The first-order chi connectivity index (χ1) is 12.1. The number of hydrogen-bond donors (Lipinski definition) is 1. The van der Waals surface area contributed by atoms with Gasteiger partial charge in [0, 0.05) is 18.3 Å². The molecular weight excluding hydrogens is 312 g/mol. The highest BCUT2D eigenvalue weighted by Gasteiger charge is 2.16. The predicted octanol–water partition coefficient (Wildman–Crippen LogP) is 4.00. The summed E-state index contributed by atoms with van der Waals surface area (Å²) in [6, 6.07) is 17.5. The zero-order chi connectivity index (χ0) is 17.8. The summed E-state index contributed by atoms with van der Waals surface area (Å²) in [5.74, 6) is -0.261. The molecular formula is C20H18N4O. The number of rotatable bonds is 4. The van der Waals surface area contributed by atoms with Crippen molar-refractivity contribution in [1.82, 2.24) is 9.78 Å². The van der Waals surface area contributed by atoms with Crippen LogP contribution in [0.3, 0.4) is 0 Å². The number of carbonyl (C=O) groups excluding carboxylic acids is 1. The van der Waals surface area contributed by atoms with Crippen molar-refractivity contribution in [3.8, 4) is 17.2 Å². The molecule has 0 saturated carbocycles. The Kier molecular flexibility index (Phi) is 4.62. The van der Waals surface area contributed by atoms with Crippen LogP contribution in [0.25, 0.3) is 11.1 Å². The standard InChI is InChI=1S/C20H18N4O/c1-3-24-13-19(18(12-21)23-24)22-20(25)17-7-5-4-6-16(17)15-10-8-14(2)9-11-15/h4-11,13H,3H2,1-2H3,(H,22,25). The molecule has 1 heterocycles. The molecule has 0 fully saturated rings. The molecule has 0 aliphatic heterocycles. The van der Waals surface area contributed by atoms with Crippen LogP contribution in [0.4, 0.5) is 5.69 Å². The topological polar surface area (TPSA) is 70.7 Å². The van der Waals surface area contributed by atoms with Gasteiger partial charge in [0.2, 0.25) is 0 Å². The SMILES string of the molecule is CCn1cc(NC(=O)c2ccccc2-c2ccc(C)cc2)c(C#N)n1. The van der Waals surface area contributed by atoms with Crippen LogP contribution in [0.5, 0.6) is 0 Å². The van der Waals surface area contributed by atoms with Crippen LogP contribution >= 0.6 is 0 Å². The zero-order valence-electron chi connectivity index (χ0n) is 14.2. The second-order valence-corrected chi connectivity index (χ2v) is 5.72. The van der Waals surface area contributed by atoms with Crippen molar-refractivity contribution in [3.63, 3.8) is 0 Å². The minimum absolute atomic E-state index is 0.211. The largest absolute Gasteiger partial charge is 0.318 e. The van der Waals surface area contributed by atoms with Crippen LogP contribution in [0, 0.1) is 18.3 Å². The molecule has 0 atom stereocenters. The fraction of sp³-hybridized carbons (Fsp3) is 0.150. The number of nitrogens with one attached hydrogen (secondary N) is 1. The molecule has 0 unspecified atom stereocenters. The van der Waals surface area contributed by atoms with Crippen molar-refractivity contribution < 1.29 is 4.79 Å². The normalized spacial score (nSPS) is 10.3. The number of nitrogens with zero attached hydrogens (tertiary/aromatic N) is 3. The Hall–Kier alpha value is -3.39. The maximum absolute atomic E-state index is 12.8. The van der Waals surface area contributed by atoms with Gasteiger partial charge in [-0.2, -0.15) is 10.4 Å². The van der Waals surface area contributed by atoms with Gasteiger partial charge in [-0.25, -0.2) is 0 Å². The highest BCUT2D eigenvalue weighted by atomic mass is 16.1. The first kappa shape index (κ1) is 16.5. The number of aromatic nitrogens is 2. The average Bonchev–Trinajstić information content (AvgIpc) is 3.04. The van der Waals surface area contributed by atoms with Crippen molar-refractivity contribution in [2.45, 2.75) is 20.4 Å². The Morgan fingerprint density at radius 1 is 1.20 bits per heavy atom. The minimum Gasteiger partial charge on any atom is -0.318 e. The smallest absolute Gasteiger partial charge is 0.256 e. The summed E-state index contributed by atoms with van der Waals surface area (Å²) in [5, 5.41) is 16.1. The van der Waals surface area contributed by atoms with E-state index in [1.54, 1.807) is 16.9 Å². The highest BCUT2D eigenvalue weighted by molar-refractivity contribution is 6.09. The lowest BCUT2D eigenvalue weighted by Gasteiger charge is -2.10. The second kappa shape index (κ2) is 7.02. The van der Waals surface area contributed by atoms with E-state index >= 15 is 0 Å². The van der Waals surface area contributed by atoms with E-state index < -0.39 is 0 Å². The van der Waals surface area contributed by atoms with Gasteiger partial charge in [-0.3, -0.25) is 9.48 Å². The number of aryl methyl sites for hydroxylation is 2. The molecule has 5 nitrogen and oxygen atoms in total. The van der Waals surface area contributed by atoms with Crippen molar-refractivity contribution in [2.75, 3.05) is 5.32 Å². The van der Waals surface area contributed by atoms with E-state index in [2.05, 4.69) is 10.4 Å². The third kappa shape index (κ3) is 3.43. The first-order valence-corrected chi connectivity index (χ1v) is 8.07. The van der Waals surface area contributed by atoms with Crippen molar-refractivity contribution in [1.29, 1.82) is 5.26 Å². The molecule has 0 aliphatic rings. The fourth-order valence-corrected chi connectivity index (χ4v) is 2.61. The molecule has 1 amide bonds. The molecule has 0 bridgehead atoms. The van der Waals surface area contributed by atoms with E-state index in [0.29, 0.717) is 17.8 Å². The zero-order valence-corrected chi connectivity index (χ0v) is 14.2. The van der Waals surface area contributed by atoms with Crippen LogP contribution in [0.15, 0.2) is 54.7 Å². The van der Waals surface area contributed by atoms with E-state index in [9.17, 15) is 10.1 Å². The monoisotopic (exact) mass is 330 g/mol. The van der Waals surface area contributed by atoms with Gasteiger partial charge in [0.15, 0.2) is 5.69 Å². The molecule has 0 aliphatic carbocycles. The third-order valence-electron chi connectivity index (χ3n) is 3.97. The third-order valence-corrected chi connectivity index (χ3v) is 3.97. The summed E-state index contributed by atoms with van der Waals surface area (Å²) in [6.45, 7) is 4.58. The number of hydrogen-bond acceptors (Lipinski definition) is 3. The Morgan fingerprint density at radius 2 is 1.92 bits per heavy atom. The second-order valence-electron chi connectivity index (χ2n) is 5.72. The average molecular weight is 330 g/mol. The summed E-state index contributed by atoms with van der Waals surface area (Å²) in [4.78, 5) is 12.8. The number of nitriles is 1. The maximum Gasteiger partial charge on any atom is 0.256 e. The maximum atomic E-state index is 12.8. The molecule has 1 N–H and O–H groups in total. The van der Waals surface area contributed by atoms with Gasteiger partial charge in [0.05, 0.1) is 5.69 Å². The van der Waals surface area contributed by atoms with E-state index in [4.69, 9.17) is 0 Å². The van der Waals surface area contributed by atoms with Crippen LogP contribution in [0.2, 0.25) is 0 Å². The van der Waals surface area contributed by atoms with Gasteiger partial charge in [-0.05, 0) is 31.0 Å². The predicted molar refractivity (Wildman–Crippen MR) is 97.2 cm³/mol. The van der Waals surface area contributed by atoms with Gasteiger partial charge in [-0.1, -0.05) is 48.0 Å². The Labute approximate surface area is 146 Å². The van der Waals surface area contributed by atoms with Gasteiger partial charge < -0.3 is 5.32 Å². The summed E-state index contributed by atoms with van der Waals surface area (Å²) >= 11 is 0. The molecule has 124 valence electrons. The number of amides is 1. The van der Waals surface area contributed by atoms with Crippen molar-refractivity contribution in [3.05, 3.63) is 71.5 Å². The van der Waals surface area contributed by atoms with Crippen LogP contribution < -0.4 is 5.32 Å². The van der Waals surface area contributed by atoms with Crippen LogP contribution in [0.1, 0.15) is 28.5 Å². The molecule has 5 heteroatoms. The molecule has 0 saturated heterocycles. The van der Waals surface area contributed by atoms with Crippen LogP contribution in [-0.4, -0.2) is 15.7 Å². The Morgan fingerprint density at radius 3 is 2.60 bits per heavy atom. The summed E-state index contributed by atoms with van der Waals surface area (Å²) < 4.78 is 1.63. The lowest BCUT2D eigenvalue weighted by atomic mass is 9.98. The molecule has 0 radical (unpaired) electrons. The molecule has 0 spiro atoms. The molecule has 2 aromatic carbocycles. The van der Waals surface area contributed by atoms with E-state index in [1.807, 2.05) is 62.4 Å². The molecule has 25 heavy (non-hydrogen) atoms. The van der Waals surface area contributed by atoms with Gasteiger partial charge in [-0.15, -0.1) is 0 Å². The highest BCUT2D eigenvalue weighted by Crippen LogP contribution is 2.25. The Balaban J connectivity index is 1.95. The molecule has 1 aromatic heterocycles. The Bertz CT molecular complexity index is 949. The van der Waals surface area contributed by atoms with Gasteiger partial charge >= 0.3 is 0 Å². The van der Waals surface area contributed by atoms with Crippen LogP contribution in [-0.2, 0) is 6.54 Å². The fourth-order valence-electron chi connectivity index (χ4n) is 2.61. The van der Waals surface area contributed by atoms with Gasteiger partial charge in [0.25, 0.3) is 5.91 Å². The van der Waals surface area contributed by atoms with E-state index in [1.165, 1.54) is 0 Å². The number of anilines is 1. The molecule has 3 rings (SSSR count). The minimum atomic E-state index is -0.261. The van der Waals surface area contributed by atoms with E-state index in [-0.39, 0.29) is 11.6 Å². The summed E-state index contributed by atoms with van der Waals surface area (Å²) in [7, 11) is 0. The summed E-state index contributed by atoms with van der Waals surface area (Å²) in [6.07, 6.45) is 1.67. The summed E-state index contributed by atoms with van der Waals surface area (Å²) in [5.41, 5.74) is 4.18. The van der Waals surface area contributed by atoms with Gasteiger partial charge in [0.1, 0.15) is 6.07 Å². The quantitative estimate of drug-likeness (QED) is 0.786. The molecule has 3 aromatic rings. The number of carbonyl (C=O) groups is 1. The number of benzene rings is 2. The van der Waals surface area contributed by atoms with Crippen molar-refractivity contribution in [2.24, 2.45) is 0 Å². The first-order valence-electron chi connectivity index (χ1n) is 8.07. The van der Waals surface area contributed by atoms with Crippen molar-refractivity contribution >= 4 is 11.6 Å². The lowest BCUT2D eigenvalue weighted by molar-refractivity contribution is 0.102.